The summed E-state index contributed by atoms with van der Waals surface area (Å²) in [7, 11) is 0. The number of benzene rings is 1. The average molecular weight is 285 g/mol. The number of hydrogen-bond donors (Lipinski definition) is 1. The lowest BCUT2D eigenvalue weighted by Crippen LogP contribution is -2.33. The number of rotatable bonds is 4. The van der Waals surface area contributed by atoms with Crippen LogP contribution in [0.3, 0.4) is 0 Å². The van der Waals surface area contributed by atoms with Gasteiger partial charge in [0.15, 0.2) is 5.78 Å². The van der Waals surface area contributed by atoms with Crippen molar-refractivity contribution in [1.82, 2.24) is 5.32 Å². The maximum atomic E-state index is 12.6. The SMILES string of the molecule is CCCC1(C(=O)c2ccc(C(F)(F)F)cc2)CCNC1. The van der Waals surface area contributed by atoms with Gasteiger partial charge in [0.05, 0.1) is 5.56 Å². The van der Waals surface area contributed by atoms with Crippen LogP contribution in [0, 0.1) is 5.41 Å². The highest BCUT2D eigenvalue weighted by Gasteiger charge is 2.40. The summed E-state index contributed by atoms with van der Waals surface area (Å²) in [6.45, 7) is 3.41. The first kappa shape index (κ1) is 15.0. The minimum absolute atomic E-state index is 0.0434. The zero-order valence-corrected chi connectivity index (χ0v) is 11.4. The van der Waals surface area contributed by atoms with E-state index in [2.05, 4.69) is 5.32 Å². The van der Waals surface area contributed by atoms with Crippen molar-refractivity contribution in [2.45, 2.75) is 32.4 Å². The molecule has 1 N–H and O–H groups in total. The number of halogens is 3. The van der Waals surface area contributed by atoms with Crippen molar-refractivity contribution in [2.75, 3.05) is 13.1 Å². The third-order valence-corrected chi connectivity index (χ3v) is 3.93. The molecule has 1 fully saturated rings. The number of ketones is 1. The minimum Gasteiger partial charge on any atom is -0.316 e. The van der Waals surface area contributed by atoms with E-state index < -0.39 is 17.2 Å². The predicted octanol–water partition coefficient (Wildman–Crippen LogP) is 3.67. The van der Waals surface area contributed by atoms with Gasteiger partial charge in [0.1, 0.15) is 0 Å². The van der Waals surface area contributed by atoms with Crippen molar-refractivity contribution in [3.05, 3.63) is 35.4 Å². The zero-order valence-electron chi connectivity index (χ0n) is 11.4. The number of Topliss-reactive ketones (excluding diaryl/α,β-unsaturated/α-hetero) is 1. The highest BCUT2D eigenvalue weighted by atomic mass is 19.4. The summed E-state index contributed by atoms with van der Waals surface area (Å²) in [5.74, 6) is -0.0434. The Morgan fingerprint density at radius 3 is 2.40 bits per heavy atom. The Morgan fingerprint density at radius 2 is 1.95 bits per heavy atom. The van der Waals surface area contributed by atoms with Crippen LogP contribution >= 0.6 is 0 Å². The van der Waals surface area contributed by atoms with Gasteiger partial charge in [-0.3, -0.25) is 4.79 Å². The van der Waals surface area contributed by atoms with Crippen LogP contribution in [0.2, 0.25) is 0 Å². The molecule has 0 amide bonds. The predicted molar refractivity (Wildman–Crippen MR) is 70.6 cm³/mol. The van der Waals surface area contributed by atoms with Gasteiger partial charge in [0, 0.05) is 17.5 Å². The number of nitrogens with one attached hydrogen (secondary N) is 1. The molecule has 110 valence electrons. The third-order valence-electron chi connectivity index (χ3n) is 3.93. The molecule has 2 nitrogen and oxygen atoms in total. The maximum Gasteiger partial charge on any atom is 0.416 e. The van der Waals surface area contributed by atoms with Crippen molar-refractivity contribution in [1.29, 1.82) is 0 Å². The first-order chi connectivity index (χ1) is 9.39. The molecule has 0 bridgehead atoms. The molecule has 0 saturated carbocycles. The highest BCUT2D eigenvalue weighted by molar-refractivity contribution is 6.01. The smallest absolute Gasteiger partial charge is 0.316 e. The van der Waals surface area contributed by atoms with Crippen LogP contribution in [0.4, 0.5) is 13.2 Å². The largest absolute Gasteiger partial charge is 0.416 e. The molecule has 0 spiro atoms. The van der Waals surface area contributed by atoms with Crippen LogP contribution in [-0.4, -0.2) is 18.9 Å². The number of carbonyl (C=O) groups is 1. The fourth-order valence-electron chi connectivity index (χ4n) is 2.86. The van der Waals surface area contributed by atoms with Crippen molar-refractivity contribution >= 4 is 5.78 Å². The lowest BCUT2D eigenvalue weighted by Gasteiger charge is -2.26. The maximum absolute atomic E-state index is 12.6. The molecule has 1 aromatic carbocycles. The molecule has 0 aliphatic carbocycles. The van der Waals surface area contributed by atoms with Crippen LogP contribution in [0.25, 0.3) is 0 Å². The van der Waals surface area contributed by atoms with Crippen LogP contribution < -0.4 is 5.32 Å². The average Bonchev–Trinajstić information content (AvgIpc) is 2.87. The van der Waals surface area contributed by atoms with E-state index in [1.807, 2.05) is 6.92 Å². The number of hydrogen-bond acceptors (Lipinski definition) is 2. The molecule has 1 atom stereocenters. The Morgan fingerprint density at radius 1 is 1.30 bits per heavy atom. The van der Waals surface area contributed by atoms with Crippen molar-refractivity contribution in [2.24, 2.45) is 5.41 Å². The number of alkyl halides is 3. The van der Waals surface area contributed by atoms with E-state index in [9.17, 15) is 18.0 Å². The fourth-order valence-corrected chi connectivity index (χ4v) is 2.86. The van der Waals surface area contributed by atoms with Gasteiger partial charge in [0.25, 0.3) is 0 Å². The summed E-state index contributed by atoms with van der Waals surface area (Å²) in [5.41, 5.74) is -0.799. The van der Waals surface area contributed by atoms with E-state index in [0.29, 0.717) is 12.1 Å². The van der Waals surface area contributed by atoms with Gasteiger partial charge in [-0.15, -0.1) is 0 Å². The van der Waals surface area contributed by atoms with Crippen LogP contribution in [0.1, 0.15) is 42.1 Å². The lowest BCUT2D eigenvalue weighted by atomic mass is 9.76. The molecule has 0 radical (unpaired) electrons. The van der Waals surface area contributed by atoms with Gasteiger partial charge < -0.3 is 5.32 Å². The Labute approximate surface area is 116 Å². The Kier molecular flexibility index (Phi) is 4.18. The first-order valence-corrected chi connectivity index (χ1v) is 6.82. The van der Waals surface area contributed by atoms with Gasteiger partial charge in [-0.05, 0) is 31.5 Å². The first-order valence-electron chi connectivity index (χ1n) is 6.82. The molecular formula is C15H18F3NO. The topological polar surface area (TPSA) is 29.1 Å². The summed E-state index contributed by atoms with van der Waals surface area (Å²) in [5, 5.41) is 3.18. The lowest BCUT2D eigenvalue weighted by molar-refractivity contribution is -0.137. The molecule has 2 rings (SSSR count). The summed E-state index contributed by atoms with van der Waals surface area (Å²) in [4.78, 5) is 12.6. The Hall–Kier alpha value is -1.36. The highest BCUT2D eigenvalue weighted by Crippen LogP contribution is 2.36. The molecule has 1 aromatic rings. The minimum atomic E-state index is -4.36. The molecule has 0 aromatic heterocycles. The Bertz CT molecular complexity index is 473. The summed E-state index contributed by atoms with van der Waals surface area (Å²) < 4.78 is 37.6. The van der Waals surface area contributed by atoms with Crippen molar-refractivity contribution < 1.29 is 18.0 Å². The zero-order chi connectivity index (χ0) is 14.8. The number of carbonyl (C=O) groups excluding carboxylic acids is 1. The van der Waals surface area contributed by atoms with E-state index in [0.717, 1.165) is 37.9 Å². The summed E-state index contributed by atoms with van der Waals surface area (Å²) in [6.07, 6.45) is -1.97. The second kappa shape index (κ2) is 5.56. The fraction of sp³-hybridized carbons (Fsp3) is 0.533. The molecule has 1 aliphatic heterocycles. The molecule has 1 aliphatic rings. The van der Waals surface area contributed by atoms with E-state index in [-0.39, 0.29) is 5.78 Å². The molecule has 20 heavy (non-hydrogen) atoms. The third kappa shape index (κ3) is 2.87. The molecule has 5 heteroatoms. The molecule has 1 unspecified atom stereocenters. The standard InChI is InChI=1S/C15H18F3NO/c1-2-7-14(8-9-19-10-14)13(20)11-3-5-12(6-4-11)15(16,17)18/h3-6,19H,2,7-10H2,1H3. The van der Waals surface area contributed by atoms with Gasteiger partial charge in [0.2, 0.25) is 0 Å². The molecule has 1 heterocycles. The van der Waals surface area contributed by atoms with E-state index in [1.54, 1.807) is 0 Å². The molecular weight excluding hydrogens is 267 g/mol. The molecule has 1 saturated heterocycles. The van der Waals surface area contributed by atoms with Crippen LogP contribution in [0.5, 0.6) is 0 Å². The van der Waals surface area contributed by atoms with Crippen LogP contribution in [-0.2, 0) is 6.18 Å². The van der Waals surface area contributed by atoms with E-state index >= 15 is 0 Å². The second-order valence-corrected chi connectivity index (χ2v) is 5.36. The van der Waals surface area contributed by atoms with Gasteiger partial charge in [-0.2, -0.15) is 13.2 Å². The van der Waals surface area contributed by atoms with E-state index in [1.165, 1.54) is 12.1 Å². The quantitative estimate of drug-likeness (QED) is 0.855. The monoisotopic (exact) mass is 285 g/mol. The van der Waals surface area contributed by atoms with Gasteiger partial charge in [-0.1, -0.05) is 25.5 Å². The Balaban J connectivity index is 2.24. The second-order valence-electron chi connectivity index (χ2n) is 5.36. The van der Waals surface area contributed by atoms with Gasteiger partial charge >= 0.3 is 6.18 Å². The van der Waals surface area contributed by atoms with Crippen LogP contribution in [0.15, 0.2) is 24.3 Å². The normalized spacial score (nSPS) is 23.0. The van der Waals surface area contributed by atoms with Crippen molar-refractivity contribution in [3.8, 4) is 0 Å². The van der Waals surface area contributed by atoms with Gasteiger partial charge in [-0.25, -0.2) is 0 Å². The van der Waals surface area contributed by atoms with Crippen molar-refractivity contribution in [3.63, 3.8) is 0 Å². The summed E-state index contributed by atoms with van der Waals surface area (Å²) in [6, 6.07) is 4.55. The van der Waals surface area contributed by atoms with E-state index in [4.69, 9.17) is 0 Å². The summed E-state index contributed by atoms with van der Waals surface area (Å²) >= 11 is 0.